The number of hydrogen-bond donors (Lipinski definition) is 1. The molecule has 0 unspecified atom stereocenters. The van der Waals surface area contributed by atoms with Gasteiger partial charge >= 0.3 is 0 Å². The fourth-order valence-corrected chi connectivity index (χ4v) is 3.14. The molecule has 3 rings (SSSR count). The standard InChI is InChI=1S/C12H15ClN2/c13-9-6-10-11(14-7-9)12(8-15-10)4-2-1-3-5-12/h6-7,15H,1-5,8H2. The van der Waals surface area contributed by atoms with Gasteiger partial charge in [0.25, 0.3) is 0 Å². The summed E-state index contributed by atoms with van der Waals surface area (Å²) in [6.07, 6.45) is 8.40. The first-order valence-corrected chi connectivity index (χ1v) is 6.08. The molecule has 2 nitrogen and oxygen atoms in total. The van der Waals surface area contributed by atoms with Gasteiger partial charge in [0.2, 0.25) is 0 Å². The van der Waals surface area contributed by atoms with Crippen molar-refractivity contribution in [2.75, 3.05) is 11.9 Å². The van der Waals surface area contributed by atoms with Crippen molar-refractivity contribution in [3.05, 3.63) is 23.0 Å². The van der Waals surface area contributed by atoms with Gasteiger partial charge in [-0.05, 0) is 18.9 Å². The lowest BCUT2D eigenvalue weighted by Crippen LogP contribution is -2.31. The second kappa shape index (κ2) is 3.38. The molecule has 15 heavy (non-hydrogen) atoms. The zero-order valence-corrected chi connectivity index (χ0v) is 9.48. The predicted molar refractivity (Wildman–Crippen MR) is 62.5 cm³/mol. The quantitative estimate of drug-likeness (QED) is 0.728. The summed E-state index contributed by atoms with van der Waals surface area (Å²) in [4.78, 5) is 4.54. The summed E-state index contributed by atoms with van der Waals surface area (Å²) in [5.41, 5.74) is 2.73. The van der Waals surface area contributed by atoms with E-state index in [1.54, 1.807) is 6.20 Å². The van der Waals surface area contributed by atoms with E-state index in [0.29, 0.717) is 5.41 Å². The van der Waals surface area contributed by atoms with Gasteiger partial charge in [-0.3, -0.25) is 4.98 Å². The highest BCUT2D eigenvalue weighted by atomic mass is 35.5. The van der Waals surface area contributed by atoms with Crippen molar-refractivity contribution < 1.29 is 0 Å². The van der Waals surface area contributed by atoms with Crippen LogP contribution < -0.4 is 5.32 Å². The zero-order chi connectivity index (χ0) is 10.3. The van der Waals surface area contributed by atoms with E-state index in [1.165, 1.54) is 37.8 Å². The number of nitrogens with one attached hydrogen (secondary N) is 1. The average Bonchev–Trinajstić information content (AvgIpc) is 2.58. The Hall–Kier alpha value is -0.760. The smallest absolute Gasteiger partial charge is 0.0715 e. The highest BCUT2D eigenvalue weighted by molar-refractivity contribution is 6.30. The van der Waals surface area contributed by atoms with Crippen LogP contribution in [0.4, 0.5) is 5.69 Å². The molecule has 0 amide bonds. The fourth-order valence-electron chi connectivity index (χ4n) is 2.99. The van der Waals surface area contributed by atoms with E-state index < -0.39 is 0 Å². The first kappa shape index (κ1) is 9.46. The van der Waals surface area contributed by atoms with Crippen LogP contribution in [0.1, 0.15) is 37.8 Å². The Morgan fingerprint density at radius 3 is 2.87 bits per heavy atom. The maximum absolute atomic E-state index is 5.95. The second-order valence-electron chi connectivity index (χ2n) is 4.74. The summed E-state index contributed by atoms with van der Waals surface area (Å²) in [5.74, 6) is 0. The molecule has 2 heterocycles. The van der Waals surface area contributed by atoms with E-state index in [-0.39, 0.29) is 0 Å². The van der Waals surface area contributed by atoms with Crippen LogP contribution in [-0.2, 0) is 5.41 Å². The van der Waals surface area contributed by atoms with Crippen molar-refractivity contribution in [3.63, 3.8) is 0 Å². The van der Waals surface area contributed by atoms with Crippen molar-refractivity contribution in [1.82, 2.24) is 4.98 Å². The summed E-state index contributed by atoms with van der Waals surface area (Å²) in [7, 11) is 0. The molecule has 80 valence electrons. The molecular weight excluding hydrogens is 208 g/mol. The summed E-state index contributed by atoms with van der Waals surface area (Å²) in [6.45, 7) is 1.05. The normalized spacial score (nSPS) is 22.5. The van der Waals surface area contributed by atoms with Crippen LogP contribution in [0.5, 0.6) is 0 Å². The Morgan fingerprint density at radius 2 is 2.07 bits per heavy atom. The number of fused-ring (bicyclic) bond motifs is 2. The van der Waals surface area contributed by atoms with Gasteiger partial charge in [0, 0.05) is 18.2 Å². The highest BCUT2D eigenvalue weighted by Gasteiger charge is 2.40. The number of rotatable bonds is 0. The maximum atomic E-state index is 5.95. The lowest BCUT2D eigenvalue weighted by Gasteiger charge is -2.32. The fraction of sp³-hybridized carbons (Fsp3) is 0.583. The van der Waals surface area contributed by atoms with Crippen molar-refractivity contribution in [1.29, 1.82) is 0 Å². The predicted octanol–water partition coefficient (Wildman–Crippen LogP) is 3.36. The lowest BCUT2D eigenvalue weighted by molar-refractivity contribution is 0.313. The van der Waals surface area contributed by atoms with Crippen molar-refractivity contribution in [2.45, 2.75) is 37.5 Å². The van der Waals surface area contributed by atoms with E-state index >= 15 is 0 Å². The third kappa shape index (κ3) is 1.43. The van der Waals surface area contributed by atoms with E-state index in [0.717, 1.165) is 17.3 Å². The van der Waals surface area contributed by atoms with E-state index in [1.807, 2.05) is 6.07 Å². The monoisotopic (exact) mass is 222 g/mol. The number of aromatic nitrogens is 1. The number of anilines is 1. The molecule has 0 saturated heterocycles. The minimum Gasteiger partial charge on any atom is -0.383 e. The van der Waals surface area contributed by atoms with Gasteiger partial charge in [0.1, 0.15) is 0 Å². The Labute approximate surface area is 95.0 Å². The molecule has 1 saturated carbocycles. The SMILES string of the molecule is Clc1cnc2c(c1)NCC21CCCCC1. The largest absolute Gasteiger partial charge is 0.383 e. The van der Waals surface area contributed by atoms with Gasteiger partial charge in [-0.1, -0.05) is 30.9 Å². The van der Waals surface area contributed by atoms with Crippen LogP contribution in [0.25, 0.3) is 0 Å². The summed E-state index contributed by atoms with van der Waals surface area (Å²) >= 11 is 5.95. The van der Waals surface area contributed by atoms with E-state index in [4.69, 9.17) is 11.6 Å². The van der Waals surface area contributed by atoms with Gasteiger partial charge in [0.15, 0.2) is 0 Å². The van der Waals surface area contributed by atoms with Crippen molar-refractivity contribution in [3.8, 4) is 0 Å². The summed E-state index contributed by atoms with van der Waals surface area (Å²) in [6, 6.07) is 2.01. The van der Waals surface area contributed by atoms with Crippen molar-refractivity contribution >= 4 is 17.3 Å². The molecular formula is C12H15ClN2. The molecule has 3 heteroatoms. The van der Waals surface area contributed by atoms with Gasteiger partial charge < -0.3 is 5.32 Å². The topological polar surface area (TPSA) is 24.9 Å². The Balaban J connectivity index is 2.03. The second-order valence-corrected chi connectivity index (χ2v) is 5.18. The van der Waals surface area contributed by atoms with Crippen LogP contribution >= 0.6 is 11.6 Å². The van der Waals surface area contributed by atoms with Crippen molar-refractivity contribution in [2.24, 2.45) is 0 Å². The minimum absolute atomic E-state index is 0.318. The molecule has 0 aromatic carbocycles. The minimum atomic E-state index is 0.318. The van der Waals surface area contributed by atoms with Crippen LogP contribution in [0.3, 0.4) is 0 Å². The molecule has 1 aliphatic heterocycles. The molecule has 1 N–H and O–H groups in total. The van der Waals surface area contributed by atoms with E-state index in [2.05, 4.69) is 10.3 Å². The molecule has 1 aromatic rings. The first-order valence-electron chi connectivity index (χ1n) is 5.70. The Morgan fingerprint density at radius 1 is 1.27 bits per heavy atom. The van der Waals surface area contributed by atoms with Gasteiger partial charge in [-0.25, -0.2) is 0 Å². The van der Waals surface area contributed by atoms with Crippen LogP contribution in [-0.4, -0.2) is 11.5 Å². The maximum Gasteiger partial charge on any atom is 0.0715 e. The molecule has 1 fully saturated rings. The van der Waals surface area contributed by atoms with Gasteiger partial charge in [-0.15, -0.1) is 0 Å². The van der Waals surface area contributed by atoms with Gasteiger partial charge in [-0.2, -0.15) is 0 Å². The van der Waals surface area contributed by atoms with Crippen LogP contribution in [0, 0.1) is 0 Å². The summed E-state index contributed by atoms with van der Waals surface area (Å²) < 4.78 is 0. The number of pyridine rings is 1. The molecule has 1 aromatic heterocycles. The summed E-state index contributed by atoms with van der Waals surface area (Å²) in [5, 5.41) is 4.19. The molecule has 2 aliphatic rings. The Kier molecular flexibility index (Phi) is 2.13. The van der Waals surface area contributed by atoms with Crippen LogP contribution in [0.2, 0.25) is 5.02 Å². The Bertz CT molecular complexity index is 383. The highest BCUT2D eigenvalue weighted by Crippen LogP contribution is 2.45. The molecule has 0 bridgehead atoms. The third-order valence-electron chi connectivity index (χ3n) is 3.78. The van der Waals surface area contributed by atoms with Crippen LogP contribution in [0.15, 0.2) is 12.3 Å². The lowest BCUT2D eigenvalue weighted by atomic mass is 9.73. The van der Waals surface area contributed by atoms with E-state index in [9.17, 15) is 0 Å². The molecule has 0 atom stereocenters. The number of nitrogens with zero attached hydrogens (tertiary/aromatic N) is 1. The number of halogens is 1. The molecule has 1 spiro atoms. The first-order chi connectivity index (χ1) is 7.30. The molecule has 0 radical (unpaired) electrons. The third-order valence-corrected chi connectivity index (χ3v) is 3.99. The molecule has 1 aliphatic carbocycles. The zero-order valence-electron chi connectivity index (χ0n) is 8.72. The number of hydrogen-bond acceptors (Lipinski definition) is 2. The van der Waals surface area contributed by atoms with Gasteiger partial charge in [0.05, 0.1) is 16.4 Å². The average molecular weight is 223 g/mol.